The number of nitro benzene ring substituents is 1. The lowest BCUT2D eigenvalue weighted by atomic mass is 10.1. The number of ether oxygens (including phenoxy) is 2. The first kappa shape index (κ1) is 18.5. The molecule has 148 valence electrons. The Hall–Kier alpha value is -3.81. The maximum atomic E-state index is 12.7. The van der Waals surface area contributed by atoms with Crippen molar-refractivity contribution in [2.24, 2.45) is 0 Å². The summed E-state index contributed by atoms with van der Waals surface area (Å²) in [4.78, 5) is 24.9. The summed E-state index contributed by atoms with van der Waals surface area (Å²) in [5, 5.41) is 11.2. The normalized spacial score (nSPS) is 15.0. The fourth-order valence-electron chi connectivity index (χ4n) is 3.17. The summed E-state index contributed by atoms with van der Waals surface area (Å²) in [7, 11) is 1.64. The van der Waals surface area contributed by atoms with Crippen molar-refractivity contribution < 1.29 is 23.6 Å². The number of para-hydroxylation sites is 3. The van der Waals surface area contributed by atoms with Crippen molar-refractivity contribution in [2.75, 3.05) is 20.2 Å². The number of hydrogen-bond donors (Lipinski definition) is 0. The molecule has 3 aromatic rings. The number of carbonyl (C=O) groups excluding carboxylic acids is 1. The van der Waals surface area contributed by atoms with Gasteiger partial charge in [-0.1, -0.05) is 24.3 Å². The minimum atomic E-state index is -0.482. The number of likely N-dealkylation sites (N-methyl/N-ethyl adjacent to an activating group) is 1. The van der Waals surface area contributed by atoms with Gasteiger partial charge in [-0.3, -0.25) is 14.9 Å². The van der Waals surface area contributed by atoms with Crippen molar-refractivity contribution in [3.05, 3.63) is 76.5 Å². The van der Waals surface area contributed by atoms with Crippen LogP contribution in [0, 0.1) is 10.1 Å². The zero-order valence-electron chi connectivity index (χ0n) is 15.6. The number of rotatable bonds is 5. The fourth-order valence-corrected chi connectivity index (χ4v) is 3.17. The van der Waals surface area contributed by atoms with Crippen molar-refractivity contribution in [3.63, 3.8) is 0 Å². The third-order valence-electron chi connectivity index (χ3n) is 4.57. The minimum absolute atomic E-state index is 0.0828. The van der Waals surface area contributed by atoms with Gasteiger partial charge in [0.25, 0.3) is 11.6 Å². The van der Waals surface area contributed by atoms with Gasteiger partial charge in [-0.15, -0.1) is 0 Å². The Labute approximate surface area is 166 Å². The molecule has 0 fully saturated rings. The lowest BCUT2D eigenvalue weighted by Crippen LogP contribution is -2.41. The quantitative estimate of drug-likeness (QED) is 0.483. The molecular weight excluding hydrogens is 376 g/mol. The van der Waals surface area contributed by atoms with E-state index in [1.54, 1.807) is 31.3 Å². The SMILES string of the molecule is CN(C[C@@H]1COc2ccccc2O1)C(=O)c1ccc(-c2ccccc2[N+](=O)[O-])o1. The van der Waals surface area contributed by atoms with Gasteiger partial charge in [0.1, 0.15) is 12.4 Å². The molecular formula is C21H18N2O6. The molecule has 1 aliphatic heterocycles. The van der Waals surface area contributed by atoms with E-state index in [1.165, 1.54) is 17.0 Å². The molecule has 29 heavy (non-hydrogen) atoms. The van der Waals surface area contributed by atoms with E-state index in [2.05, 4.69) is 0 Å². The Balaban J connectivity index is 1.46. The Bertz CT molecular complexity index is 1060. The maximum absolute atomic E-state index is 12.7. The largest absolute Gasteiger partial charge is 0.486 e. The van der Waals surface area contributed by atoms with Gasteiger partial charge in [0.05, 0.1) is 17.0 Å². The van der Waals surface area contributed by atoms with Gasteiger partial charge in [0, 0.05) is 13.1 Å². The summed E-state index contributed by atoms with van der Waals surface area (Å²) in [6.07, 6.45) is -0.316. The van der Waals surface area contributed by atoms with Crippen LogP contribution < -0.4 is 9.47 Å². The van der Waals surface area contributed by atoms with Crippen LogP contribution in [-0.4, -0.2) is 42.0 Å². The van der Waals surface area contributed by atoms with E-state index in [9.17, 15) is 14.9 Å². The molecule has 1 atom stereocenters. The van der Waals surface area contributed by atoms with Crippen molar-refractivity contribution in [1.82, 2.24) is 4.90 Å². The fraction of sp³-hybridized carbons (Fsp3) is 0.190. The molecule has 0 bridgehead atoms. The van der Waals surface area contributed by atoms with E-state index < -0.39 is 4.92 Å². The van der Waals surface area contributed by atoms with Crippen molar-refractivity contribution in [3.8, 4) is 22.8 Å². The van der Waals surface area contributed by atoms with E-state index in [1.807, 2.05) is 24.3 Å². The molecule has 0 spiro atoms. The van der Waals surface area contributed by atoms with Crippen LogP contribution in [0.15, 0.2) is 65.1 Å². The molecule has 0 unspecified atom stereocenters. The van der Waals surface area contributed by atoms with Gasteiger partial charge in [-0.05, 0) is 30.3 Å². The Kier molecular flexibility index (Phi) is 4.90. The van der Waals surface area contributed by atoms with Crippen LogP contribution in [0.3, 0.4) is 0 Å². The smallest absolute Gasteiger partial charge is 0.289 e. The number of hydrogen-bond acceptors (Lipinski definition) is 6. The van der Waals surface area contributed by atoms with Crippen LogP contribution in [0.4, 0.5) is 5.69 Å². The third kappa shape index (κ3) is 3.77. The summed E-state index contributed by atoms with van der Waals surface area (Å²) in [6.45, 7) is 0.628. The third-order valence-corrected chi connectivity index (χ3v) is 4.57. The van der Waals surface area contributed by atoms with Crippen LogP contribution in [-0.2, 0) is 0 Å². The highest BCUT2D eigenvalue weighted by atomic mass is 16.6. The standard InChI is InChI=1S/C21H18N2O6/c1-22(12-14-13-27-18-8-4-5-9-19(18)28-14)21(24)20-11-10-17(29-20)15-6-2-3-7-16(15)23(25)26/h2-11,14H,12-13H2,1H3/t14-/m1/s1. The average molecular weight is 394 g/mol. The van der Waals surface area contributed by atoms with Crippen molar-refractivity contribution >= 4 is 11.6 Å². The zero-order valence-corrected chi connectivity index (χ0v) is 15.6. The first-order valence-electron chi connectivity index (χ1n) is 9.00. The molecule has 8 heteroatoms. The highest BCUT2D eigenvalue weighted by Gasteiger charge is 2.26. The van der Waals surface area contributed by atoms with E-state index in [-0.39, 0.29) is 29.2 Å². The highest BCUT2D eigenvalue weighted by molar-refractivity contribution is 5.92. The van der Waals surface area contributed by atoms with E-state index in [0.717, 1.165) is 0 Å². The molecule has 0 aliphatic carbocycles. The molecule has 1 aromatic heterocycles. The van der Waals surface area contributed by atoms with Crippen molar-refractivity contribution in [2.45, 2.75) is 6.10 Å². The number of nitro groups is 1. The van der Waals surface area contributed by atoms with E-state index >= 15 is 0 Å². The molecule has 0 saturated carbocycles. The van der Waals surface area contributed by atoms with Crippen molar-refractivity contribution in [1.29, 1.82) is 0 Å². The number of nitrogens with zero attached hydrogens (tertiary/aromatic N) is 2. The summed E-state index contributed by atoms with van der Waals surface area (Å²) in [6, 6.07) is 16.7. The number of amides is 1. The van der Waals surface area contributed by atoms with Gasteiger partial charge >= 0.3 is 0 Å². The molecule has 8 nitrogen and oxygen atoms in total. The van der Waals surface area contributed by atoms with Gasteiger partial charge in [-0.25, -0.2) is 0 Å². The molecule has 0 N–H and O–H groups in total. The zero-order chi connectivity index (χ0) is 20.4. The Morgan fingerprint density at radius 3 is 2.62 bits per heavy atom. The summed E-state index contributed by atoms with van der Waals surface area (Å²) >= 11 is 0. The number of carbonyl (C=O) groups is 1. The number of benzene rings is 2. The van der Waals surface area contributed by atoms with Crippen LogP contribution in [0.2, 0.25) is 0 Å². The van der Waals surface area contributed by atoms with Gasteiger partial charge in [-0.2, -0.15) is 0 Å². The summed E-state index contributed by atoms with van der Waals surface area (Å²) in [5.41, 5.74) is 0.237. The van der Waals surface area contributed by atoms with E-state index in [4.69, 9.17) is 13.9 Å². The Morgan fingerprint density at radius 1 is 1.10 bits per heavy atom. The van der Waals surface area contributed by atoms with Gasteiger partial charge < -0.3 is 18.8 Å². The second-order valence-electron chi connectivity index (χ2n) is 6.62. The van der Waals surface area contributed by atoms with E-state index in [0.29, 0.717) is 30.2 Å². The van der Waals surface area contributed by atoms with Crippen LogP contribution >= 0.6 is 0 Å². The molecule has 1 aliphatic rings. The highest BCUT2D eigenvalue weighted by Crippen LogP contribution is 2.32. The second kappa shape index (κ2) is 7.67. The predicted molar refractivity (Wildman–Crippen MR) is 104 cm³/mol. The summed E-state index contributed by atoms with van der Waals surface area (Å²) < 4.78 is 17.2. The van der Waals surface area contributed by atoms with Gasteiger partial charge in [0.15, 0.2) is 23.4 Å². The average Bonchev–Trinajstić information content (AvgIpc) is 3.23. The molecule has 2 aromatic carbocycles. The van der Waals surface area contributed by atoms with Crippen LogP contribution in [0.5, 0.6) is 11.5 Å². The predicted octanol–water partition coefficient (Wildman–Crippen LogP) is 3.77. The van der Waals surface area contributed by atoms with Gasteiger partial charge in [0.2, 0.25) is 0 Å². The molecule has 4 rings (SSSR count). The molecule has 1 amide bonds. The molecule has 0 radical (unpaired) electrons. The van der Waals surface area contributed by atoms with Crippen LogP contribution in [0.1, 0.15) is 10.6 Å². The first-order valence-corrected chi connectivity index (χ1v) is 9.00. The second-order valence-corrected chi connectivity index (χ2v) is 6.62. The minimum Gasteiger partial charge on any atom is -0.486 e. The maximum Gasteiger partial charge on any atom is 0.289 e. The topological polar surface area (TPSA) is 95.0 Å². The summed E-state index contributed by atoms with van der Waals surface area (Å²) in [5.74, 6) is 1.33. The first-order chi connectivity index (χ1) is 14.0. The Morgan fingerprint density at radius 2 is 1.83 bits per heavy atom. The van der Waals surface area contributed by atoms with Crippen LogP contribution in [0.25, 0.3) is 11.3 Å². The lowest BCUT2D eigenvalue weighted by Gasteiger charge is -2.29. The number of furan rings is 1. The monoisotopic (exact) mass is 394 g/mol. The molecule has 0 saturated heterocycles. The lowest BCUT2D eigenvalue weighted by molar-refractivity contribution is -0.384. The number of fused-ring (bicyclic) bond motifs is 1. The molecule has 2 heterocycles.